The second-order valence-corrected chi connectivity index (χ2v) is 9.34. The van der Waals surface area contributed by atoms with E-state index in [9.17, 15) is 18.1 Å². The number of hydrogen-bond acceptors (Lipinski definition) is 5. The van der Waals surface area contributed by atoms with Crippen LogP contribution in [0.3, 0.4) is 0 Å². The summed E-state index contributed by atoms with van der Waals surface area (Å²) < 4.78 is 51.0. The summed E-state index contributed by atoms with van der Waals surface area (Å²) in [5.74, 6) is -2.19. The first-order chi connectivity index (χ1) is 10.9. The quantitative estimate of drug-likeness (QED) is 0.577. The zero-order valence-corrected chi connectivity index (χ0v) is 16.5. The van der Waals surface area contributed by atoms with E-state index in [2.05, 4.69) is 27.2 Å². The number of aromatic nitrogens is 1. The minimum atomic E-state index is -3.96. The first-order valence-corrected chi connectivity index (χ1v) is 10.6. The second-order valence-electron chi connectivity index (χ2n) is 6.08. The molecule has 2 rings (SSSR count). The molecule has 0 radical (unpaired) electrons. The van der Waals surface area contributed by atoms with Gasteiger partial charge < -0.3 is 14.0 Å². The third-order valence-electron chi connectivity index (χ3n) is 3.42. The summed E-state index contributed by atoms with van der Waals surface area (Å²) in [5, 5.41) is 3.19. The van der Waals surface area contributed by atoms with E-state index in [0.717, 1.165) is 19.5 Å². The van der Waals surface area contributed by atoms with E-state index < -0.39 is 24.4 Å². The van der Waals surface area contributed by atoms with Gasteiger partial charge in [-0.2, -0.15) is 8.78 Å². The molecular formula is C15H20F2NO4PV. The van der Waals surface area contributed by atoms with E-state index in [1.165, 1.54) is 0 Å². The van der Waals surface area contributed by atoms with Crippen LogP contribution in [0, 0.1) is 6.92 Å². The number of halogens is 2. The maximum atomic E-state index is 14.1. The molecule has 9 heteroatoms. The van der Waals surface area contributed by atoms with Crippen molar-refractivity contribution in [2.24, 2.45) is 0 Å². The fraction of sp³-hybridized carbons (Fsp3) is 0.533. The van der Waals surface area contributed by atoms with Crippen molar-refractivity contribution in [3.8, 4) is 5.75 Å². The van der Waals surface area contributed by atoms with Crippen molar-refractivity contribution in [1.82, 2.24) is 4.98 Å². The average molecular weight is 398 g/mol. The molecule has 0 aromatic carbocycles. The van der Waals surface area contributed by atoms with Crippen LogP contribution >= 0.6 is 7.14 Å². The first kappa shape index (κ1) is 21.2. The summed E-state index contributed by atoms with van der Waals surface area (Å²) in [6.07, 6.45) is 1.06. The number of fused-ring (bicyclic) bond motifs is 1. The monoisotopic (exact) mass is 398 g/mol. The average Bonchev–Trinajstić information content (AvgIpc) is 2.48. The van der Waals surface area contributed by atoms with Gasteiger partial charge in [0, 0.05) is 25.6 Å². The van der Waals surface area contributed by atoms with Crippen LogP contribution in [0.15, 0.2) is 6.20 Å². The Morgan fingerprint density at radius 3 is 2.46 bits per heavy atom. The molecule has 1 aliphatic heterocycles. The van der Waals surface area contributed by atoms with E-state index in [1.807, 2.05) is 0 Å². The van der Waals surface area contributed by atoms with Crippen LogP contribution in [0.25, 0.3) is 0 Å². The molecule has 1 aromatic heterocycles. The molecule has 0 fully saturated rings. The number of ether oxygens (including phenoxy) is 2. The zero-order chi connectivity index (χ0) is 18.9. The summed E-state index contributed by atoms with van der Waals surface area (Å²) in [7, 11) is -3.96. The van der Waals surface area contributed by atoms with Crippen molar-refractivity contribution in [3.05, 3.63) is 23.0 Å². The van der Waals surface area contributed by atoms with E-state index in [1.54, 1.807) is 20.8 Å². The normalized spacial score (nSPS) is 16.2. The van der Waals surface area contributed by atoms with Crippen LogP contribution in [0.5, 0.6) is 5.75 Å². The van der Waals surface area contributed by atoms with Gasteiger partial charge in [-0.3, -0.25) is 9.78 Å². The summed E-state index contributed by atoms with van der Waals surface area (Å²) in [5.41, 5.74) is -3.58. The molecule has 0 unspecified atom stereocenters. The van der Waals surface area contributed by atoms with Crippen LogP contribution in [0.2, 0.25) is 0 Å². The number of alkyl halides is 2. The molecule has 24 heavy (non-hydrogen) atoms. The van der Waals surface area contributed by atoms with Crippen molar-refractivity contribution in [1.29, 1.82) is 0 Å². The number of carbonyl (C=O) groups is 1. The molecule has 5 nitrogen and oxygen atoms in total. The molecular weight excluding hydrogens is 378 g/mol. The molecule has 0 amide bonds. The van der Waals surface area contributed by atoms with E-state index >= 15 is 0 Å². The second kappa shape index (κ2) is 7.16. The van der Waals surface area contributed by atoms with Gasteiger partial charge in [0.2, 0.25) is 11.6 Å². The van der Waals surface area contributed by atoms with Crippen LogP contribution in [0.4, 0.5) is 8.78 Å². The summed E-state index contributed by atoms with van der Waals surface area (Å²) >= 11 is 2.06. The Kier molecular flexibility index (Phi) is 6.32. The molecule has 0 N–H and O–H groups in total. The van der Waals surface area contributed by atoms with Crippen molar-refractivity contribution in [2.45, 2.75) is 38.8 Å². The Bertz CT molecular complexity index is 703. The third-order valence-corrected chi connectivity index (χ3v) is 4.98. The molecule has 1 aromatic rings. The van der Waals surface area contributed by atoms with Gasteiger partial charge in [0.25, 0.3) is 0 Å². The molecule has 0 spiro atoms. The number of Topliss-reactive ketones (excluding diaryl/α,β-unsaturated/α-hetero) is 1. The topological polar surface area (TPSA) is 65.5 Å². The minimum absolute atomic E-state index is 0.0550. The molecule has 133 valence electrons. The van der Waals surface area contributed by atoms with Gasteiger partial charge in [0.15, 0.2) is 12.9 Å². The molecule has 0 atom stereocenters. The van der Waals surface area contributed by atoms with Crippen LogP contribution in [0.1, 0.15) is 35.5 Å². The first-order valence-electron chi connectivity index (χ1n) is 6.97. The summed E-state index contributed by atoms with van der Waals surface area (Å²) in [6.45, 7) is 6.71. The SMILES string of the molecule is Cc1ncc(C(=O)C(F)(F)P(C)(C)=O)c2c1OC(C)(C)OC2.[CH2]=[V]. The van der Waals surface area contributed by atoms with Gasteiger partial charge in [-0.05, 0) is 20.3 Å². The number of ketones is 1. The Labute approximate surface area is 149 Å². The molecule has 0 aliphatic carbocycles. The predicted molar refractivity (Wildman–Crippen MR) is 84.3 cm³/mol. The third kappa shape index (κ3) is 4.02. The number of rotatable bonds is 3. The number of carbonyl (C=O) groups excluding carboxylic acids is 1. The molecule has 1 aliphatic rings. The Balaban J connectivity index is 0.00000139. The van der Waals surface area contributed by atoms with Crippen molar-refractivity contribution in [3.63, 3.8) is 0 Å². The predicted octanol–water partition coefficient (Wildman–Crippen LogP) is 3.40. The van der Waals surface area contributed by atoms with Gasteiger partial charge in [0.1, 0.15) is 0 Å². The number of nitrogens with zero attached hydrogens (tertiary/aromatic N) is 1. The van der Waals surface area contributed by atoms with Crippen molar-refractivity contribution >= 4 is 18.2 Å². The molecule has 0 bridgehead atoms. The van der Waals surface area contributed by atoms with Gasteiger partial charge in [-0.15, -0.1) is 0 Å². The maximum absolute atomic E-state index is 14.1. The molecule has 0 saturated heterocycles. The van der Waals surface area contributed by atoms with E-state index in [0.29, 0.717) is 5.69 Å². The Morgan fingerprint density at radius 1 is 1.42 bits per heavy atom. The van der Waals surface area contributed by atoms with Crippen molar-refractivity contribution in [2.75, 3.05) is 13.3 Å². The molecule has 2 heterocycles. The van der Waals surface area contributed by atoms with Gasteiger partial charge >= 0.3 is 27.9 Å². The van der Waals surface area contributed by atoms with E-state index in [-0.39, 0.29) is 23.5 Å². The Morgan fingerprint density at radius 2 is 1.96 bits per heavy atom. The fourth-order valence-electron chi connectivity index (χ4n) is 2.04. The van der Waals surface area contributed by atoms with Gasteiger partial charge in [-0.1, -0.05) is 0 Å². The summed E-state index contributed by atoms with van der Waals surface area (Å²) in [6, 6.07) is 0. The fourth-order valence-corrected chi connectivity index (χ4v) is 2.65. The zero-order valence-electron chi connectivity index (χ0n) is 14.2. The number of aryl methyl sites for hydroxylation is 1. The van der Waals surface area contributed by atoms with Crippen LogP contribution < -0.4 is 4.74 Å². The number of pyridine rings is 1. The molecule has 0 saturated carbocycles. The van der Waals surface area contributed by atoms with Crippen LogP contribution in [-0.2, 0) is 32.9 Å². The van der Waals surface area contributed by atoms with Gasteiger partial charge in [-0.25, -0.2) is 0 Å². The van der Waals surface area contributed by atoms with Gasteiger partial charge in [0.05, 0.1) is 17.9 Å². The number of hydrogen-bond donors (Lipinski definition) is 0. The summed E-state index contributed by atoms with van der Waals surface area (Å²) in [4.78, 5) is 16.1. The Hall–Kier alpha value is -0.876. The van der Waals surface area contributed by atoms with E-state index in [4.69, 9.17) is 9.47 Å². The van der Waals surface area contributed by atoms with Crippen LogP contribution in [-0.4, -0.2) is 40.8 Å². The van der Waals surface area contributed by atoms with Crippen molar-refractivity contribution < 1.29 is 44.6 Å². The standard InChI is InChI=1S/C14H18F2NO4P.CH2.V/c1-8-11-10(7-20-13(2,3)21-11)9(6-17-8)12(18)14(15,16)22(4,5)19;;/h6H,7H2,1-5H3;1H2;.